The van der Waals surface area contributed by atoms with Crippen molar-refractivity contribution in [2.75, 3.05) is 17.9 Å². The Labute approximate surface area is 190 Å². The minimum atomic E-state index is -4.52. The minimum absolute atomic E-state index is 0.0418. The van der Waals surface area contributed by atoms with Crippen molar-refractivity contribution in [3.63, 3.8) is 0 Å². The Bertz CT molecular complexity index is 1170. The van der Waals surface area contributed by atoms with E-state index >= 15 is 0 Å². The second kappa shape index (κ2) is 8.55. The van der Waals surface area contributed by atoms with E-state index in [4.69, 9.17) is 16.3 Å². The molecule has 1 amide bonds. The van der Waals surface area contributed by atoms with E-state index in [1.165, 1.54) is 19.2 Å². The van der Waals surface area contributed by atoms with E-state index in [1.807, 2.05) is 0 Å². The van der Waals surface area contributed by atoms with Gasteiger partial charge in [-0.25, -0.2) is 4.68 Å². The molecule has 1 aliphatic heterocycles. The van der Waals surface area contributed by atoms with Gasteiger partial charge < -0.3 is 15.5 Å². The van der Waals surface area contributed by atoms with Crippen LogP contribution in [0.25, 0.3) is 0 Å². The molecule has 3 aromatic rings. The number of aryl methyl sites for hydroxylation is 1. The number of methoxy groups -OCH3 is 1. The summed E-state index contributed by atoms with van der Waals surface area (Å²) in [6.07, 6.45) is -4.52. The summed E-state index contributed by atoms with van der Waals surface area (Å²) in [6.45, 7) is 1.76. The normalized spacial score (nSPS) is 17.9. The lowest BCUT2D eigenvalue weighted by Crippen LogP contribution is -2.41. The summed E-state index contributed by atoms with van der Waals surface area (Å²) in [7, 11) is 1.49. The summed E-state index contributed by atoms with van der Waals surface area (Å²) in [5, 5.41) is 10.7. The first-order chi connectivity index (χ1) is 15.2. The predicted octanol–water partition coefficient (Wildman–Crippen LogP) is 4.67. The molecule has 12 heteroatoms. The van der Waals surface area contributed by atoms with Crippen LogP contribution in [0.2, 0.25) is 5.02 Å². The van der Waals surface area contributed by atoms with Crippen LogP contribution in [0.5, 0.6) is 5.75 Å². The number of carbonyl (C=O) groups is 1. The highest BCUT2D eigenvalue weighted by molar-refractivity contribution is 8.00. The fourth-order valence-corrected chi connectivity index (χ4v) is 4.66. The number of hydrogen-bond donors (Lipinski definition) is 2. The lowest BCUT2D eigenvalue weighted by molar-refractivity contribution is -0.137. The SMILES string of the molecule is COc1ccc(C2Nn3c(C)nnc3SC2C(=O)Nc2cccc(C(F)(F)F)c2)cc1Cl. The van der Waals surface area contributed by atoms with Crippen molar-refractivity contribution in [1.29, 1.82) is 0 Å². The number of benzene rings is 2. The third-order valence-corrected chi connectivity index (χ3v) is 6.36. The van der Waals surface area contributed by atoms with Crippen LogP contribution in [0.4, 0.5) is 18.9 Å². The van der Waals surface area contributed by atoms with E-state index in [1.54, 1.807) is 29.8 Å². The second-order valence-corrected chi connectivity index (χ2v) is 8.49. The summed E-state index contributed by atoms with van der Waals surface area (Å²) in [5.74, 6) is 0.574. The van der Waals surface area contributed by atoms with Crippen LogP contribution in [0.15, 0.2) is 47.6 Å². The van der Waals surface area contributed by atoms with Gasteiger partial charge in [0.05, 0.1) is 23.7 Å². The molecular weight excluding hydrogens is 467 g/mol. The van der Waals surface area contributed by atoms with Crippen LogP contribution < -0.4 is 15.5 Å². The number of thioether (sulfide) groups is 1. The molecule has 0 bridgehead atoms. The number of carbonyl (C=O) groups excluding carboxylic acids is 1. The number of ether oxygens (including phenoxy) is 1. The number of fused-ring (bicyclic) bond motifs is 1. The molecule has 0 aliphatic carbocycles. The van der Waals surface area contributed by atoms with Gasteiger partial charge >= 0.3 is 6.18 Å². The van der Waals surface area contributed by atoms with Gasteiger partial charge in [0.1, 0.15) is 16.8 Å². The fraction of sp³-hybridized carbons (Fsp3) is 0.250. The van der Waals surface area contributed by atoms with Crippen LogP contribution >= 0.6 is 23.4 Å². The first-order valence-corrected chi connectivity index (χ1v) is 10.6. The number of amides is 1. The molecule has 2 unspecified atom stereocenters. The number of hydrogen-bond acceptors (Lipinski definition) is 6. The van der Waals surface area contributed by atoms with Gasteiger partial charge in [0.2, 0.25) is 11.1 Å². The number of nitrogens with zero attached hydrogens (tertiary/aromatic N) is 3. The second-order valence-electron chi connectivity index (χ2n) is 6.97. The molecule has 2 aromatic carbocycles. The van der Waals surface area contributed by atoms with Crippen molar-refractivity contribution in [3.8, 4) is 5.75 Å². The maximum atomic E-state index is 13.2. The van der Waals surface area contributed by atoms with Crippen LogP contribution in [-0.4, -0.2) is 33.1 Å². The maximum Gasteiger partial charge on any atom is 0.416 e. The molecular formula is C20H17ClF3N5O2S. The van der Waals surface area contributed by atoms with E-state index in [-0.39, 0.29) is 5.69 Å². The zero-order chi connectivity index (χ0) is 23.0. The molecule has 2 heterocycles. The Kier molecular flexibility index (Phi) is 5.95. The third-order valence-electron chi connectivity index (χ3n) is 4.85. The van der Waals surface area contributed by atoms with Crippen LogP contribution in [0, 0.1) is 6.92 Å². The summed E-state index contributed by atoms with van der Waals surface area (Å²) in [5.41, 5.74) is 3.09. The van der Waals surface area contributed by atoms with Crippen molar-refractivity contribution in [2.45, 2.75) is 29.5 Å². The van der Waals surface area contributed by atoms with Gasteiger partial charge in [0.25, 0.3) is 0 Å². The zero-order valence-electron chi connectivity index (χ0n) is 16.8. The zero-order valence-corrected chi connectivity index (χ0v) is 18.3. The summed E-state index contributed by atoms with van der Waals surface area (Å²) in [6, 6.07) is 9.03. The number of alkyl halides is 3. The summed E-state index contributed by atoms with van der Waals surface area (Å²) in [4.78, 5) is 13.2. The number of anilines is 1. The molecule has 1 aromatic heterocycles. The molecule has 2 N–H and O–H groups in total. The first kappa shape index (κ1) is 22.3. The molecule has 4 rings (SSSR count). The van der Waals surface area contributed by atoms with Crippen LogP contribution in [0.3, 0.4) is 0 Å². The van der Waals surface area contributed by atoms with E-state index in [2.05, 4.69) is 20.9 Å². The topological polar surface area (TPSA) is 81.1 Å². The Morgan fingerprint density at radius 2 is 2.03 bits per heavy atom. The molecule has 168 valence electrons. The highest BCUT2D eigenvalue weighted by Crippen LogP contribution is 2.39. The minimum Gasteiger partial charge on any atom is -0.495 e. The highest BCUT2D eigenvalue weighted by atomic mass is 35.5. The lowest BCUT2D eigenvalue weighted by Gasteiger charge is -2.33. The Morgan fingerprint density at radius 3 is 2.72 bits per heavy atom. The fourth-order valence-electron chi connectivity index (χ4n) is 3.27. The number of nitrogens with one attached hydrogen (secondary N) is 2. The molecule has 2 atom stereocenters. The van der Waals surface area contributed by atoms with Crippen LogP contribution in [-0.2, 0) is 11.0 Å². The standard InChI is InChI=1S/C20H17ClF3N5O2S/c1-10-26-27-19-29(10)28-16(11-6-7-15(31-2)14(21)8-11)17(32-19)18(30)25-13-5-3-4-12(9-13)20(22,23)24/h3-9,16-17,28H,1-2H3,(H,25,30). The Balaban J connectivity index is 1.66. The molecule has 0 radical (unpaired) electrons. The Morgan fingerprint density at radius 1 is 1.25 bits per heavy atom. The van der Waals surface area contributed by atoms with Gasteiger partial charge in [-0.3, -0.25) is 4.79 Å². The van der Waals surface area contributed by atoms with Gasteiger partial charge in [-0.15, -0.1) is 10.2 Å². The summed E-state index contributed by atoms with van der Waals surface area (Å²) < 4.78 is 46.0. The molecule has 0 spiro atoms. The van der Waals surface area contributed by atoms with Gasteiger partial charge in [0.15, 0.2) is 0 Å². The van der Waals surface area contributed by atoms with Crippen molar-refractivity contribution >= 4 is 35.0 Å². The van der Waals surface area contributed by atoms with Crippen molar-refractivity contribution in [2.24, 2.45) is 0 Å². The van der Waals surface area contributed by atoms with Gasteiger partial charge in [-0.2, -0.15) is 13.2 Å². The molecule has 32 heavy (non-hydrogen) atoms. The molecule has 7 nitrogen and oxygen atoms in total. The largest absolute Gasteiger partial charge is 0.495 e. The van der Waals surface area contributed by atoms with E-state index in [0.29, 0.717) is 27.3 Å². The first-order valence-electron chi connectivity index (χ1n) is 9.34. The molecule has 1 aliphatic rings. The maximum absolute atomic E-state index is 13.2. The smallest absolute Gasteiger partial charge is 0.416 e. The molecule has 0 saturated carbocycles. The average Bonchev–Trinajstić information content (AvgIpc) is 3.12. The Hall–Kier alpha value is -2.92. The van der Waals surface area contributed by atoms with Crippen LogP contribution in [0.1, 0.15) is 23.0 Å². The quantitative estimate of drug-likeness (QED) is 0.561. The van der Waals surface area contributed by atoms with Gasteiger partial charge in [-0.05, 0) is 42.8 Å². The lowest BCUT2D eigenvalue weighted by atomic mass is 10.0. The van der Waals surface area contributed by atoms with Gasteiger partial charge in [0, 0.05) is 5.69 Å². The van der Waals surface area contributed by atoms with E-state index in [0.717, 1.165) is 23.9 Å². The number of halogens is 4. The summed E-state index contributed by atoms with van der Waals surface area (Å²) >= 11 is 7.43. The highest BCUT2D eigenvalue weighted by Gasteiger charge is 2.38. The predicted molar refractivity (Wildman–Crippen MR) is 115 cm³/mol. The monoisotopic (exact) mass is 483 g/mol. The third kappa shape index (κ3) is 4.35. The van der Waals surface area contributed by atoms with Gasteiger partial charge in [-0.1, -0.05) is 35.5 Å². The van der Waals surface area contributed by atoms with Crippen molar-refractivity contribution in [3.05, 3.63) is 64.4 Å². The van der Waals surface area contributed by atoms with Crippen molar-refractivity contribution in [1.82, 2.24) is 14.9 Å². The molecule has 0 fully saturated rings. The van der Waals surface area contributed by atoms with E-state index in [9.17, 15) is 18.0 Å². The number of rotatable bonds is 4. The number of aromatic nitrogens is 3. The van der Waals surface area contributed by atoms with Crippen molar-refractivity contribution < 1.29 is 22.7 Å². The molecule has 0 saturated heterocycles. The van der Waals surface area contributed by atoms with E-state index < -0.39 is 28.9 Å². The average molecular weight is 484 g/mol.